The van der Waals surface area contributed by atoms with E-state index in [4.69, 9.17) is 0 Å². The Morgan fingerprint density at radius 1 is 0.500 bits per heavy atom. The highest BCUT2D eigenvalue weighted by atomic mass is 16.2. The molecule has 0 bridgehead atoms. The quantitative estimate of drug-likeness (QED) is 0.309. The molecule has 6 rings (SSSR count). The van der Waals surface area contributed by atoms with Crippen LogP contribution < -0.4 is 10.6 Å². The zero-order valence-corrected chi connectivity index (χ0v) is 19.9. The van der Waals surface area contributed by atoms with Crippen molar-refractivity contribution in [2.24, 2.45) is 11.8 Å². The largest absolute Gasteiger partial charge is 0.326 e. The van der Waals surface area contributed by atoms with Gasteiger partial charge in [-0.3, -0.25) is 9.59 Å². The van der Waals surface area contributed by atoms with Gasteiger partial charge in [0.25, 0.3) is 0 Å². The second kappa shape index (κ2) is 9.46. The molecule has 0 aliphatic heterocycles. The van der Waals surface area contributed by atoms with Gasteiger partial charge in [-0.25, -0.2) is 0 Å². The van der Waals surface area contributed by atoms with Crippen LogP contribution >= 0.6 is 0 Å². The Kier molecular flexibility index (Phi) is 5.86. The molecular weight excluding hydrogens is 444 g/mol. The van der Waals surface area contributed by atoms with Gasteiger partial charge in [-0.05, 0) is 71.2 Å². The standard InChI is InChI=1S/C32H28N2O2/c35-31(29-19-27(29)23-7-3-1-4-8-23)33-25-15-11-21(12-16-25)22-13-17-26(18-14-22)34-32(36)30-20-28(30)24-9-5-2-6-10-24/h1-18,27-30H,19-20H2,(H,33,35)(H,34,36)/t27-,28-,29-,30-/m1/s1. The normalized spacial score (nSPS) is 21.9. The minimum Gasteiger partial charge on any atom is -0.326 e. The van der Waals surface area contributed by atoms with Gasteiger partial charge >= 0.3 is 0 Å². The van der Waals surface area contributed by atoms with Gasteiger partial charge in [0.15, 0.2) is 0 Å². The Balaban J connectivity index is 1.02. The van der Waals surface area contributed by atoms with Crippen molar-refractivity contribution in [3.63, 3.8) is 0 Å². The molecule has 4 aromatic rings. The molecule has 2 fully saturated rings. The summed E-state index contributed by atoms with van der Waals surface area (Å²) in [6.07, 6.45) is 1.81. The Hall–Kier alpha value is -4.18. The minimum atomic E-state index is 0.0495. The van der Waals surface area contributed by atoms with Crippen molar-refractivity contribution in [2.75, 3.05) is 10.6 Å². The van der Waals surface area contributed by atoms with Crippen LogP contribution in [0.3, 0.4) is 0 Å². The molecule has 4 heteroatoms. The highest BCUT2D eigenvalue weighted by molar-refractivity contribution is 5.96. The van der Waals surface area contributed by atoms with Gasteiger partial charge in [-0.15, -0.1) is 0 Å². The average Bonchev–Trinajstić information content (AvgIpc) is 3.85. The van der Waals surface area contributed by atoms with E-state index in [0.29, 0.717) is 11.8 Å². The van der Waals surface area contributed by atoms with E-state index in [1.54, 1.807) is 0 Å². The van der Waals surface area contributed by atoms with E-state index >= 15 is 0 Å². The van der Waals surface area contributed by atoms with Gasteiger partial charge in [0.1, 0.15) is 0 Å². The second-order valence-corrected chi connectivity index (χ2v) is 9.85. The molecule has 2 saturated carbocycles. The van der Waals surface area contributed by atoms with Crippen molar-refractivity contribution < 1.29 is 9.59 Å². The van der Waals surface area contributed by atoms with Gasteiger partial charge in [0.05, 0.1) is 0 Å². The van der Waals surface area contributed by atoms with Gasteiger partial charge in [0, 0.05) is 23.2 Å². The highest BCUT2D eigenvalue weighted by Crippen LogP contribution is 2.48. The summed E-state index contributed by atoms with van der Waals surface area (Å²) in [6, 6.07) is 36.3. The second-order valence-electron chi connectivity index (χ2n) is 9.85. The predicted molar refractivity (Wildman–Crippen MR) is 144 cm³/mol. The summed E-state index contributed by atoms with van der Waals surface area (Å²) in [5.41, 5.74) is 6.21. The van der Waals surface area contributed by atoms with Crippen LogP contribution in [0.1, 0.15) is 35.8 Å². The average molecular weight is 473 g/mol. The molecule has 0 radical (unpaired) electrons. The molecule has 0 saturated heterocycles. The fourth-order valence-electron chi connectivity index (χ4n) is 5.07. The predicted octanol–water partition coefficient (Wildman–Crippen LogP) is 6.84. The van der Waals surface area contributed by atoms with Gasteiger partial charge in [-0.1, -0.05) is 84.9 Å². The number of carbonyl (C=O) groups is 2. The molecule has 4 aromatic carbocycles. The highest BCUT2D eigenvalue weighted by Gasteiger charge is 2.44. The molecule has 2 N–H and O–H groups in total. The van der Waals surface area contributed by atoms with Crippen molar-refractivity contribution >= 4 is 23.2 Å². The summed E-state index contributed by atoms with van der Waals surface area (Å²) >= 11 is 0. The molecule has 4 atom stereocenters. The maximum Gasteiger partial charge on any atom is 0.228 e. The summed E-state index contributed by atoms with van der Waals surface area (Å²) in [6.45, 7) is 0. The van der Waals surface area contributed by atoms with E-state index in [2.05, 4.69) is 34.9 Å². The van der Waals surface area contributed by atoms with E-state index in [0.717, 1.165) is 35.3 Å². The third-order valence-electron chi connectivity index (χ3n) is 7.35. The molecule has 2 amide bonds. The van der Waals surface area contributed by atoms with Crippen molar-refractivity contribution in [2.45, 2.75) is 24.7 Å². The maximum absolute atomic E-state index is 12.6. The first kappa shape index (κ1) is 22.3. The third kappa shape index (κ3) is 4.80. The lowest BCUT2D eigenvalue weighted by Gasteiger charge is -2.09. The first-order chi connectivity index (χ1) is 17.7. The van der Waals surface area contributed by atoms with Crippen molar-refractivity contribution in [3.05, 3.63) is 120 Å². The van der Waals surface area contributed by atoms with Crippen molar-refractivity contribution in [1.82, 2.24) is 0 Å². The number of carbonyl (C=O) groups excluding carboxylic acids is 2. The zero-order chi connectivity index (χ0) is 24.5. The molecule has 0 aromatic heterocycles. The van der Waals surface area contributed by atoms with Crippen LogP contribution in [0.4, 0.5) is 11.4 Å². The van der Waals surface area contributed by atoms with E-state index in [1.807, 2.05) is 84.9 Å². The lowest BCUT2D eigenvalue weighted by Crippen LogP contribution is -2.14. The lowest BCUT2D eigenvalue weighted by molar-refractivity contribution is -0.118. The molecule has 0 heterocycles. The fraction of sp³-hybridized carbons (Fsp3) is 0.188. The van der Waals surface area contributed by atoms with Crippen molar-refractivity contribution in [3.8, 4) is 11.1 Å². The molecule has 0 unspecified atom stereocenters. The van der Waals surface area contributed by atoms with Gasteiger partial charge in [-0.2, -0.15) is 0 Å². The zero-order valence-electron chi connectivity index (χ0n) is 19.9. The third-order valence-corrected chi connectivity index (χ3v) is 7.35. The molecule has 178 valence electrons. The molecule has 2 aliphatic carbocycles. The number of rotatable bonds is 7. The number of anilines is 2. The summed E-state index contributed by atoms with van der Waals surface area (Å²) in [5, 5.41) is 6.12. The van der Waals surface area contributed by atoms with Crippen LogP contribution in [0.2, 0.25) is 0 Å². The first-order valence-corrected chi connectivity index (χ1v) is 12.6. The number of amides is 2. The van der Waals surface area contributed by atoms with E-state index in [-0.39, 0.29) is 23.7 Å². The molecule has 2 aliphatic rings. The Morgan fingerprint density at radius 3 is 1.22 bits per heavy atom. The Morgan fingerprint density at radius 2 is 0.861 bits per heavy atom. The van der Waals surface area contributed by atoms with Crippen LogP contribution in [0.15, 0.2) is 109 Å². The Labute approximate surface area is 211 Å². The van der Waals surface area contributed by atoms with E-state index < -0.39 is 0 Å². The summed E-state index contributed by atoms with van der Waals surface area (Å²) in [5.74, 6) is 0.924. The van der Waals surface area contributed by atoms with E-state index in [9.17, 15) is 9.59 Å². The minimum absolute atomic E-state index is 0.0495. The van der Waals surface area contributed by atoms with Crippen molar-refractivity contribution in [1.29, 1.82) is 0 Å². The summed E-state index contributed by atoms with van der Waals surface area (Å²) < 4.78 is 0. The first-order valence-electron chi connectivity index (χ1n) is 12.6. The maximum atomic E-state index is 12.6. The monoisotopic (exact) mass is 472 g/mol. The summed E-state index contributed by atoms with van der Waals surface area (Å²) in [7, 11) is 0. The molecule has 0 spiro atoms. The SMILES string of the molecule is O=C(Nc1ccc(-c2ccc(NC(=O)[C@@H]3C[C@@H]3c3ccccc3)cc2)cc1)[C@@H]1C[C@@H]1c1ccccc1. The number of hydrogen-bond donors (Lipinski definition) is 2. The van der Waals surface area contributed by atoms with Crippen LogP contribution in [-0.4, -0.2) is 11.8 Å². The van der Waals surface area contributed by atoms with Crippen LogP contribution in [-0.2, 0) is 9.59 Å². The molecule has 36 heavy (non-hydrogen) atoms. The fourth-order valence-corrected chi connectivity index (χ4v) is 5.07. The summed E-state index contributed by atoms with van der Waals surface area (Å²) in [4.78, 5) is 25.3. The molecule has 4 nitrogen and oxygen atoms in total. The molecular formula is C32H28N2O2. The topological polar surface area (TPSA) is 58.2 Å². The van der Waals surface area contributed by atoms with Gasteiger partial charge < -0.3 is 10.6 Å². The van der Waals surface area contributed by atoms with Crippen LogP contribution in [0.25, 0.3) is 11.1 Å². The van der Waals surface area contributed by atoms with Gasteiger partial charge in [0.2, 0.25) is 11.8 Å². The van der Waals surface area contributed by atoms with Crippen LogP contribution in [0, 0.1) is 11.8 Å². The smallest absolute Gasteiger partial charge is 0.228 e. The Bertz CT molecular complexity index is 1260. The number of benzene rings is 4. The lowest BCUT2D eigenvalue weighted by atomic mass is 10.0. The van der Waals surface area contributed by atoms with Crippen LogP contribution in [0.5, 0.6) is 0 Å². The van der Waals surface area contributed by atoms with E-state index in [1.165, 1.54) is 11.1 Å². The number of nitrogens with one attached hydrogen (secondary N) is 2. The number of hydrogen-bond acceptors (Lipinski definition) is 2.